The summed E-state index contributed by atoms with van der Waals surface area (Å²) in [7, 11) is -3.42. The maximum Gasteiger partial charge on any atom is 0.243 e. The second kappa shape index (κ2) is 6.50. The molecule has 0 spiro atoms. The third kappa shape index (κ3) is 3.55. The summed E-state index contributed by atoms with van der Waals surface area (Å²) >= 11 is 0. The highest BCUT2D eigenvalue weighted by atomic mass is 32.2. The molecule has 108 valence electrons. The fraction of sp³-hybridized carbons (Fsp3) is 0.571. The molecular formula is C14H24N2O2S. The van der Waals surface area contributed by atoms with E-state index in [0.717, 1.165) is 16.7 Å². The van der Waals surface area contributed by atoms with E-state index in [1.54, 1.807) is 0 Å². The van der Waals surface area contributed by atoms with Crippen LogP contribution in [0.5, 0.6) is 0 Å². The van der Waals surface area contributed by atoms with Crippen molar-refractivity contribution in [3.63, 3.8) is 0 Å². The van der Waals surface area contributed by atoms with Crippen LogP contribution in [0.1, 0.15) is 30.0 Å². The van der Waals surface area contributed by atoms with Crippen molar-refractivity contribution in [1.82, 2.24) is 4.31 Å². The average molecular weight is 284 g/mol. The van der Waals surface area contributed by atoms with Crippen LogP contribution in [0.25, 0.3) is 0 Å². The lowest BCUT2D eigenvalue weighted by atomic mass is 10.1. The van der Waals surface area contributed by atoms with Gasteiger partial charge in [-0.3, -0.25) is 0 Å². The molecule has 0 unspecified atom stereocenters. The van der Waals surface area contributed by atoms with Crippen molar-refractivity contribution in [3.05, 3.63) is 28.8 Å². The third-order valence-electron chi connectivity index (χ3n) is 3.17. The summed E-state index contributed by atoms with van der Waals surface area (Å²) in [6.07, 6.45) is 0.678. The van der Waals surface area contributed by atoms with Crippen LogP contribution in [0.15, 0.2) is 17.0 Å². The van der Waals surface area contributed by atoms with Crippen LogP contribution in [-0.4, -0.2) is 32.4 Å². The van der Waals surface area contributed by atoms with E-state index in [2.05, 4.69) is 0 Å². The first-order valence-electron chi connectivity index (χ1n) is 6.62. The van der Waals surface area contributed by atoms with Crippen molar-refractivity contribution in [2.24, 2.45) is 5.73 Å². The van der Waals surface area contributed by atoms with Crippen LogP contribution >= 0.6 is 0 Å². The van der Waals surface area contributed by atoms with Gasteiger partial charge in [0.05, 0.1) is 4.90 Å². The Kier molecular flexibility index (Phi) is 5.52. The number of hydrogen-bond acceptors (Lipinski definition) is 3. The van der Waals surface area contributed by atoms with E-state index in [4.69, 9.17) is 5.73 Å². The van der Waals surface area contributed by atoms with Gasteiger partial charge in [-0.05, 0) is 44.9 Å². The van der Waals surface area contributed by atoms with Crippen molar-refractivity contribution in [1.29, 1.82) is 0 Å². The van der Waals surface area contributed by atoms with Crippen molar-refractivity contribution in [2.75, 3.05) is 19.6 Å². The van der Waals surface area contributed by atoms with Gasteiger partial charge in [-0.2, -0.15) is 4.31 Å². The molecule has 0 aliphatic carbocycles. The number of nitrogens with two attached hydrogens (primary N) is 1. The van der Waals surface area contributed by atoms with Gasteiger partial charge in [-0.15, -0.1) is 0 Å². The van der Waals surface area contributed by atoms with Gasteiger partial charge in [-0.25, -0.2) is 8.42 Å². The monoisotopic (exact) mass is 284 g/mol. The summed E-state index contributed by atoms with van der Waals surface area (Å²) in [5.41, 5.74) is 8.17. The molecule has 19 heavy (non-hydrogen) atoms. The molecule has 0 aliphatic heterocycles. The van der Waals surface area contributed by atoms with Gasteiger partial charge in [0.25, 0.3) is 0 Å². The van der Waals surface area contributed by atoms with E-state index in [0.29, 0.717) is 31.0 Å². The van der Waals surface area contributed by atoms with Crippen LogP contribution in [0, 0.1) is 20.8 Å². The maximum absolute atomic E-state index is 12.7. The molecule has 0 fully saturated rings. The molecule has 0 radical (unpaired) electrons. The van der Waals surface area contributed by atoms with Gasteiger partial charge in [0.2, 0.25) is 10.0 Å². The standard InChI is InChI=1S/C14H24N2O2S/c1-5-16(8-6-7-15)19(17,18)14-12(3)9-11(2)10-13(14)4/h9-10H,5-8,15H2,1-4H3. The van der Waals surface area contributed by atoms with Crippen LogP contribution in [-0.2, 0) is 10.0 Å². The number of hydrogen-bond donors (Lipinski definition) is 1. The summed E-state index contributed by atoms with van der Waals surface area (Å²) in [5.74, 6) is 0. The summed E-state index contributed by atoms with van der Waals surface area (Å²) in [4.78, 5) is 0.442. The zero-order chi connectivity index (χ0) is 14.6. The molecule has 0 aromatic heterocycles. The fourth-order valence-corrected chi connectivity index (χ4v) is 4.32. The molecule has 0 heterocycles. The SMILES string of the molecule is CCN(CCCN)S(=O)(=O)c1c(C)cc(C)cc1C. The van der Waals surface area contributed by atoms with Gasteiger partial charge < -0.3 is 5.73 Å². The molecule has 1 aromatic carbocycles. The summed E-state index contributed by atoms with van der Waals surface area (Å²) in [6, 6.07) is 3.83. The first-order chi connectivity index (χ1) is 8.84. The zero-order valence-corrected chi connectivity index (χ0v) is 13.0. The Morgan fingerprint density at radius 3 is 2.11 bits per heavy atom. The number of rotatable bonds is 6. The molecular weight excluding hydrogens is 260 g/mol. The normalized spacial score (nSPS) is 12.1. The minimum atomic E-state index is -3.42. The summed E-state index contributed by atoms with van der Waals surface area (Å²) in [5, 5.41) is 0. The second-order valence-corrected chi connectivity index (χ2v) is 6.74. The van der Waals surface area contributed by atoms with Crippen molar-refractivity contribution >= 4 is 10.0 Å². The van der Waals surface area contributed by atoms with E-state index in [-0.39, 0.29) is 0 Å². The first kappa shape index (κ1) is 16.1. The Morgan fingerprint density at radius 2 is 1.68 bits per heavy atom. The molecule has 0 aliphatic rings. The molecule has 2 N–H and O–H groups in total. The lowest BCUT2D eigenvalue weighted by Gasteiger charge is -2.22. The Hall–Kier alpha value is -0.910. The van der Waals surface area contributed by atoms with Gasteiger partial charge >= 0.3 is 0 Å². The average Bonchev–Trinajstić information content (AvgIpc) is 2.27. The Balaban J connectivity index is 3.26. The van der Waals surface area contributed by atoms with Crippen LogP contribution in [0.2, 0.25) is 0 Å². The quantitative estimate of drug-likeness (QED) is 0.868. The number of sulfonamides is 1. The highest BCUT2D eigenvalue weighted by Crippen LogP contribution is 2.25. The van der Waals surface area contributed by atoms with Crippen LogP contribution < -0.4 is 5.73 Å². The highest BCUT2D eigenvalue weighted by molar-refractivity contribution is 7.89. The van der Waals surface area contributed by atoms with Crippen LogP contribution in [0.4, 0.5) is 0 Å². The van der Waals surface area contributed by atoms with Gasteiger partial charge in [0.15, 0.2) is 0 Å². The largest absolute Gasteiger partial charge is 0.330 e. The number of nitrogens with zero attached hydrogens (tertiary/aromatic N) is 1. The molecule has 5 heteroatoms. The predicted octanol–water partition coefficient (Wildman–Crippen LogP) is 1.97. The van der Waals surface area contributed by atoms with E-state index in [9.17, 15) is 8.42 Å². The Bertz CT molecular complexity index is 515. The zero-order valence-electron chi connectivity index (χ0n) is 12.2. The number of benzene rings is 1. The lowest BCUT2D eigenvalue weighted by Crippen LogP contribution is -2.33. The Morgan fingerprint density at radius 1 is 1.16 bits per heavy atom. The molecule has 0 atom stereocenters. The third-order valence-corrected chi connectivity index (χ3v) is 5.45. The van der Waals surface area contributed by atoms with Crippen molar-refractivity contribution < 1.29 is 8.42 Å². The van der Waals surface area contributed by atoms with E-state index in [1.165, 1.54) is 4.31 Å². The molecule has 1 aromatic rings. The summed E-state index contributed by atoms with van der Waals surface area (Å²) < 4.78 is 26.9. The molecule has 0 saturated heterocycles. The molecule has 0 bridgehead atoms. The maximum atomic E-state index is 12.7. The minimum absolute atomic E-state index is 0.442. The number of aryl methyl sites for hydroxylation is 3. The first-order valence-corrected chi connectivity index (χ1v) is 8.06. The summed E-state index contributed by atoms with van der Waals surface area (Å²) in [6.45, 7) is 8.97. The van der Waals surface area contributed by atoms with Crippen molar-refractivity contribution in [3.8, 4) is 0 Å². The fourth-order valence-electron chi connectivity index (χ4n) is 2.42. The second-order valence-electron chi connectivity index (χ2n) is 4.87. The van der Waals surface area contributed by atoms with Gasteiger partial charge in [0, 0.05) is 13.1 Å². The highest BCUT2D eigenvalue weighted by Gasteiger charge is 2.26. The smallest absolute Gasteiger partial charge is 0.243 e. The molecule has 0 amide bonds. The van der Waals surface area contributed by atoms with E-state index >= 15 is 0 Å². The van der Waals surface area contributed by atoms with Gasteiger partial charge in [0.1, 0.15) is 0 Å². The molecule has 1 rings (SSSR count). The van der Waals surface area contributed by atoms with Crippen molar-refractivity contribution in [2.45, 2.75) is 39.0 Å². The lowest BCUT2D eigenvalue weighted by molar-refractivity contribution is 0.422. The van der Waals surface area contributed by atoms with E-state index < -0.39 is 10.0 Å². The Labute approximate surface area is 116 Å². The topological polar surface area (TPSA) is 63.4 Å². The van der Waals surface area contributed by atoms with E-state index in [1.807, 2.05) is 39.8 Å². The molecule has 0 saturated carbocycles. The van der Waals surface area contributed by atoms with Crippen LogP contribution in [0.3, 0.4) is 0 Å². The minimum Gasteiger partial charge on any atom is -0.330 e. The van der Waals surface area contributed by atoms with Gasteiger partial charge in [-0.1, -0.05) is 24.6 Å². The molecule has 4 nitrogen and oxygen atoms in total. The predicted molar refractivity (Wildman–Crippen MR) is 78.8 cm³/mol.